The molecule has 0 unspecified atom stereocenters. The third kappa shape index (κ3) is 8.29. The number of amides is 1. The van der Waals surface area contributed by atoms with E-state index in [9.17, 15) is 18.0 Å². The molecule has 1 amide bonds. The Bertz CT molecular complexity index is 757. The fraction of sp³-hybridized carbons (Fsp3) is 0.333. The van der Waals surface area contributed by atoms with Crippen molar-refractivity contribution in [1.82, 2.24) is 10.3 Å². The number of alkyl halides is 3. The number of para-hydroxylation sites is 1. The summed E-state index contributed by atoms with van der Waals surface area (Å²) in [7, 11) is 0. The van der Waals surface area contributed by atoms with Crippen LogP contribution in [0.5, 0.6) is 11.6 Å². The lowest BCUT2D eigenvalue weighted by Gasteiger charge is -2.10. The predicted octanol–water partition coefficient (Wildman–Crippen LogP) is 4.26. The van der Waals surface area contributed by atoms with Gasteiger partial charge < -0.3 is 14.8 Å². The van der Waals surface area contributed by atoms with E-state index in [0.29, 0.717) is 24.3 Å². The number of hydrogen-bond acceptors (Lipinski definition) is 4. The first kappa shape index (κ1) is 21.0. The smallest absolute Gasteiger partial charge is 0.422 e. The van der Waals surface area contributed by atoms with E-state index in [-0.39, 0.29) is 24.8 Å². The molecule has 0 aliphatic carbocycles. The SMILES string of the molecule is O=C(CCCOc1ccccc1Br)NCc1ccnc(OCC(F)(F)F)c1. The van der Waals surface area contributed by atoms with Gasteiger partial charge in [-0.1, -0.05) is 12.1 Å². The molecule has 2 rings (SSSR count). The quantitative estimate of drug-likeness (QED) is 0.584. The highest BCUT2D eigenvalue weighted by atomic mass is 79.9. The van der Waals surface area contributed by atoms with E-state index >= 15 is 0 Å². The minimum absolute atomic E-state index is 0.138. The Morgan fingerprint density at radius 3 is 2.70 bits per heavy atom. The number of nitrogens with one attached hydrogen (secondary N) is 1. The fourth-order valence-electron chi connectivity index (χ4n) is 2.06. The van der Waals surface area contributed by atoms with Crippen molar-refractivity contribution in [2.75, 3.05) is 13.2 Å². The molecule has 1 aromatic heterocycles. The highest BCUT2D eigenvalue weighted by molar-refractivity contribution is 9.10. The summed E-state index contributed by atoms with van der Waals surface area (Å²) in [6.07, 6.45) is -2.29. The number of nitrogens with zero attached hydrogens (tertiary/aromatic N) is 1. The predicted molar refractivity (Wildman–Crippen MR) is 96.5 cm³/mol. The molecule has 0 aliphatic heterocycles. The van der Waals surface area contributed by atoms with E-state index in [0.717, 1.165) is 4.47 Å². The van der Waals surface area contributed by atoms with Crippen LogP contribution in [0.15, 0.2) is 47.1 Å². The largest absolute Gasteiger partial charge is 0.492 e. The Hall–Kier alpha value is -2.29. The highest BCUT2D eigenvalue weighted by Gasteiger charge is 2.28. The molecule has 0 spiro atoms. The summed E-state index contributed by atoms with van der Waals surface area (Å²) in [5.74, 6) is 0.391. The van der Waals surface area contributed by atoms with Crippen molar-refractivity contribution in [1.29, 1.82) is 0 Å². The zero-order valence-electron chi connectivity index (χ0n) is 14.3. The lowest BCUT2D eigenvalue weighted by Crippen LogP contribution is -2.23. The summed E-state index contributed by atoms with van der Waals surface area (Å²) in [5.41, 5.74) is 0.597. The van der Waals surface area contributed by atoms with Crippen LogP contribution in [0.2, 0.25) is 0 Å². The molecule has 27 heavy (non-hydrogen) atoms. The van der Waals surface area contributed by atoms with Crippen LogP contribution in [-0.2, 0) is 11.3 Å². The van der Waals surface area contributed by atoms with Gasteiger partial charge in [0.15, 0.2) is 6.61 Å². The number of rotatable bonds is 9. The van der Waals surface area contributed by atoms with Crippen molar-refractivity contribution in [2.24, 2.45) is 0 Å². The Morgan fingerprint density at radius 1 is 1.19 bits per heavy atom. The van der Waals surface area contributed by atoms with Gasteiger partial charge in [0.25, 0.3) is 0 Å². The average Bonchev–Trinajstić information content (AvgIpc) is 2.63. The average molecular weight is 447 g/mol. The first-order valence-electron chi connectivity index (χ1n) is 8.12. The van der Waals surface area contributed by atoms with Gasteiger partial charge >= 0.3 is 6.18 Å². The molecule has 9 heteroatoms. The molecule has 146 valence electrons. The molecule has 1 N–H and O–H groups in total. The molecule has 0 fully saturated rings. The van der Waals surface area contributed by atoms with Crippen molar-refractivity contribution in [3.63, 3.8) is 0 Å². The Kier molecular flexibility index (Phi) is 7.90. The molecule has 1 heterocycles. The Balaban J connectivity index is 1.68. The van der Waals surface area contributed by atoms with Gasteiger partial charge in [0, 0.05) is 25.2 Å². The Morgan fingerprint density at radius 2 is 1.96 bits per heavy atom. The third-order valence-electron chi connectivity index (χ3n) is 3.32. The molecule has 0 saturated heterocycles. The van der Waals surface area contributed by atoms with Gasteiger partial charge in [-0.05, 0) is 46.1 Å². The summed E-state index contributed by atoms with van der Waals surface area (Å²) >= 11 is 3.37. The van der Waals surface area contributed by atoms with Gasteiger partial charge in [-0.3, -0.25) is 4.79 Å². The number of carbonyl (C=O) groups is 1. The standard InChI is InChI=1S/C18H18BrF3N2O3/c19-14-4-1-2-5-15(14)26-9-3-6-16(25)24-11-13-7-8-23-17(10-13)27-12-18(20,21)22/h1-2,4-5,7-8,10H,3,6,9,11-12H2,(H,24,25). The maximum absolute atomic E-state index is 12.2. The van der Waals surface area contributed by atoms with Crippen molar-refractivity contribution >= 4 is 21.8 Å². The van der Waals surface area contributed by atoms with E-state index in [1.807, 2.05) is 24.3 Å². The normalized spacial score (nSPS) is 11.1. The fourth-order valence-corrected chi connectivity index (χ4v) is 2.46. The maximum atomic E-state index is 12.2. The van der Waals surface area contributed by atoms with Crippen LogP contribution in [0.25, 0.3) is 0 Å². The van der Waals surface area contributed by atoms with Gasteiger partial charge in [-0.2, -0.15) is 13.2 Å². The highest BCUT2D eigenvalue weighted by Crippen LogP contribution is 2.23. The topological polar surface area (TPSA) is 60.5 Å². The third-order valence-corrected chi connectivity index (χ3v) is 3.97. The molecule has 0 bridgehead atoms. The monoisotopic (exact) mass is 446 g/mol. The van der Waals surface area contributed by atoms with E-state index in [2.05, 4.69) is 31.0 Å². The minimum atomic E-state index is -4.43. The number of benzene rings is 1. The number of carbonyl (C=O) groups excluding carboxylic acids is 1. The van der Waals surface area contributed by atoms with Crippen LogP contribution >= 0.6 is 15.9 Å². The van der Waals surface area contributed by atoms with Crippen molar-refractivity contribution in [3.05, 3.63) is 52.6 Å². The first-order chi connectivity index (χ1) is 12.8. The second kappa shape index (κ2) is 10.1. The number of pyridine rings is 1. The zero-order valence-corrected chi connectivity index (χ0v) is 15.8. The molecule has 0 aliphatic rings. The molecular formula is C18H18BrF3N2O3. The Labute approximate surface area is 163 Å². The molecule has 0 atom stereocenters. The summed E-state index contributed by atoms with van der Waals surface area (Å²) in [4.78, 5) is 15.6. The van der Waals surface area contributed by atoms with Crippen molar-refractivity contribution in [3.8, 4) is 11.6 Å². The van der Waals surface area contributed by atoms with Gasteiger partial charge in [-0.15, -0.1) is 0 Å². The summed E-state index contributed by atoms with van der Waals surface area (Å²) in [5, 5.41) is 2.70. The van der Waals surface area contributed by atoms with Gasteiger partial charge in [-0.25, -0.2) is 4.98 Å². The molecule has 1 aromatic carbocycles. The first-order valence-corrected chi connectivity index (χ1v) is 8.91. The van der Waals surface area contributed by atoms with Gasteiger partial charge in [0.05, 0.1) is 11.1 Å². The number of halogens is 4. The lowest BCUT2D eigenvalue weighted by molar-refractivity contribution is -0.154. The second-order valence-electron chi connectivity index (χ2n) is 5.57. The zero-order chi connectivity index (χ0) is 19.7. The molecular weight excluding hydrogens is 429 g/mol. The second-order valence-corrected chi connectivity index (χ2v) is 6.42. The summed E-state index contributed by atoms with van der Waals surface area (Å²) in [6.45, 7) is -0.844. The van der Waals surface area contributed by atoms with E-state index in [4.69, 9.17) is 4.74 Å². The molecule has 0 saturated carbocycles. The van der Waals surface area contributed by atoms with Gasteiger partial charge in [0.2, 0.25) is 11.8 Å². The maximum Gasteiger partial charge on any atom is 0.422 e. The summed E-state index contributed by atoms with van der Waals surface area (Å²) in [6, 6.07) is 10.4. The number of hydrogen-bond donors (Lipinski definition) is 1. The summed E-state index contributed by atoms with van der Waals surface area (Å²) < 4.78 is 47.5. The number of ether oxygens (including phenoxy) is 2. The number of aromatic nitrogens is 1. The molecule has 0 radical (unpaired) electrons. The van der Waals surface area contributed by atoms with Crippen LogP contribution in [0, 0.1) is 0 Å². The van der Waals surface area contributed by atoms with Crippen LogP contribution < -0.4 is 14.8 Å². The van der Waals surface area contributed by atoms with Crippen molar-refractivity contribution in [2.45, 2.75) is 25.6 Å². The molecule has 2 aromatic rings. The van der Waals surface area contributed by atoms with E-state index < -0.39 is 12.8 Å². The van der Waals surface area contributed by atoms with E-state index in [1.54, 1.807) is 6.07 Å². The van der Waals surface area contributed by atoms with E-state index in [1.165, 1.54) is 12.3 Å². The minimum Gasteiger partial charge on any atom is -0.492 e. The van der Waals surface area contributed by atoms with Crippen molar-refractivity contribution < 1.29 is 27.4 Å². The van der Waals surface area contributed by atoms with Crippen LogP contribution in [0.4, 0.5) is 13.2 Å². The lowest BCUT2D eigenvalue weighted by atomic mass is 10.2. The van der Waals surface area contributed by atoms with Crippen LogP contribution in [-0.4, -0.2) is 30.3 Å². The molecule has 5 nitrogen and oxygen atoms in total. The van der Waals surface area contributed by atoms with Crippen LogP contribution in [0.1, 0.15) is 18.4 Å². The van der Waals surface area contributed by atoms with Gasteiger partial charge in [0.1, 0.15) is 5.75 Å². The van der Waals surface area contributed by atoms with Crippen LogP contribution in [0.3, 0.4) is 0 Å².